The van der Waals surface area contributed by atoms with Gasteiger partial charge in [-0.2, -0.15) is 0 Å². The number of hydrogen-bond donors (Lipinski definition) is 1. The van der Waals surface area contributed by atoms with E-state index in [1.165, 1.54) is 0 Å². The van der Waals surface area contributed by atoms with Crippen molar-refractivity contribution in [3.63, 3.8) is 0 Å². The molecule has 4 aromatic carbocycles. The molecule has 4 aromatic rings. The van der Waals surface area contributed by atoms with Crippen molar-refractivity contribution in [2.45, 2.75) is 56.8 Å². The van der Waals surface area contributed by atoms with Crippen molar-refractivity contribution in [3.8, 4) is 5.75 Å². The molecule has 3 aliphatic heterocycles. The fraction of sp³-hybridized carbons (Fsp3) is 0.325. The average Bonchev–Trinajstić information content (AvgIpc) is 3.54. The number of carbonyl (C=O) groups excluding carboxylic acids is 3. The molecule has 0 bridgehead atoms. The number of nitrogens with zero attached hydrogens (tertiary/aromatic N) is 3. The van der Waals surface area contributed by atoms with Crippen LogP contribution in [-0.2, 0) is 37.8 Å². The number of fused-ring (bicyclic) bond motifs is 3. The summed E-state index contributed by atoms with van der Waals surface area (Å²) in [7, 11) is -3.52. The van der Waals surface area contributed by atoms with Crippen LogP contribution in [-0.4, -0.2) is 62.0 Å². The van der Waals surface area contributed by atoms with E-state index in [2.05, 4.69) is 15.9 Å². The molecule has 3 heterocycles. The minimum atomic E-state index is -3.52. The number of anilines is 3. The predicted octanol–water partition coefficient (Wildman–Crippen LogP) is 7.24. The van der Waals surface area contributed by atoms with Crippen molar-refractivity contribution < 1.29 is 33.1 Å². The molecule has 1 N–H and O–H groups in total. The number of para-hydroxylation sites is 2. The quantitative estimate of drug-likeness (QED) is 0.135. The van der Waals surface area contributed by atoms with Crippen LogP contribution in [0.2, 0.25) is 18.6 Å². The molecule has 1 fully saturated rings. The van der Waals surface area contributed by atoms with Gasteiger partial charge < -0.3 is 28.5 Å². The van der Waals surface area contributed by atoms with Gasteiger partial charge in [0, 0.05) is 40.3 Å². The smallest absolute Gasteiger partial charge is 0.269 e. The van der Waals surface area contributed by atoms with Crippen molar-refractivity contribution in [1.29, 1.82) is 0 Å². The number of rotatable bonds is 10. The molecule has 270 valence electrons. The van der Waals surface area contributed by atoms with Gasteiger partial charge in [-0.3, -0.25) is 19.3 Å². The highest BCUT2D eigenvalue weighted by Gasteiger charge is 2.67. The Hall–Kier alpha value is -4.36. The number of amides is 3. The molecule has 0 unspecified atom stereocenters. The summed E-state index contributed by atoms with van der Waals surface area (Å²) in [6.07, 6.45) is -0.971. The predicted molar refractivity (Wildman–Crippen MR) is 202 cm³/mol. The van der Waals surface area contributed by atoms with Gasteiger partial charge in [0.25, 0.3) is 11.8 Å². The van der Waals surface area contributed by atoms with Gasteiger partial charge in [-0.15, -0.1) is 0 Å². The number of aliphatic hydroxyl groups is 1. The number of aliphatic hydroxyl groups excluding tert-OH is 1. The number of benzene rings is 4. The van der Waals surface area contributed by atoms with E-state index in [1.54, 1.807) is 27.8 Å². The SMILES string of the molecule is C[C@H]1[C@H]([Si](C)(C)F)[C@@H](CC(=O)N(CCO)Cc2ccccc2)O[C@]12C(=O)N(Cc1ccc(N3C(=O)COc4ccccc43)cc1)c1ccc(Br)cc12. The Morgan fingerprint density at radius 1 is 0.981 bits per heavy atom. The highest BCUT2D eigenvalue weighted by molar-refractivity contribution is 9.10. The summed E-state index contributed by atoms with van der Waals surface area (Å²) in [6, 6.07) is 30.0. The van der Waals surface area contributed by atoms with Crippen LogP contribution in [0.5, 0.6) is 5.75 Å². The first-order chi connectivity index (χ1) is 24.9. The fourth-order valence-electron chi connectivity index (χ4n) is 8.21. The van der Waals surface area contributed by atoms with Crippen molar-refractivity contribution in [3.05, 3.63) is 118 Å². The number of ether oxygens (including phenoxy) is 2. The minimum absolute atomic E-state index is 0.0632. The average molecular weight is 787 g/mol. The molecule has 9 nitrogen and oxygen atoms in total. The molecule has 12 heteroatoms. The zero-order valence-corrected chi connectivity index (χ0v) is 31.9. The summed E-state index contributed by atoms with van der Waals surface area (Å²) in [4.78, 5) is 46.6. The van der Waals surface area contributed by atoms with Gasteiger partial charge in [0.2, 0.25) is 14.3 Å². The molecular weight excluding hydrogens is 745 g/mol. The Morgan fingerprint density at radius 3 is 2.40 bits per heavy atom. The number of carbonyl (C=O) groups is 3. The highest BCUT2D eigenvalue weighted by Crippen LogP contribution is 2.60. The minimum Gasteiger partial charge on any atom is -0.482 e. The van der Waals surface area contributed by atoms with Crippen LogP contribution in [0, 0.1) is 5.92 Å². The standard InChI is InChI=1S/C40H41BrFN3O6Si/c1-26-38(52(2,3)42)35(22-36(47)43(19-20-46)23-27-9-5-4-6-10-27)51-40(26)31-21-29(41)15-18-32(31)44(39(40)49)24-28-13-16-30(17-14-28)45-33-11-7-8-12-34(33)50-25-37(45)48/h4-18,21,26,35,38,46H,19-20,22-25H2,1-3H3/t26-,35+,38-,40+/m0/s1. The zero-order valence-electron chi connectivity index (χ0n) is 29.3. The van der Waals surface area contributed by atoms with E-state index in [4.69, 9.17) is 9.47 Å². The third-order valence-electron chi connectivity index (χ3n) is 10.5. The highest BCUT2D eigenvalue weighted by atomic mass is 79.9. The van der Waals surface area contributed by atoms with E-state index in [-0.39, 0.29) is 50.4 Å². The van der Waals surface area contributed by atoms with Gasteiger partial charge >= 0.3 is 0 Å². The normalized spacial score (nSPS) is 22.4. The lowest BCUT2D eigenvalue weighted by Gasteiger charge is -2.31. The lowest BCUT2D eigenvalue weighted by atomic mass is 9.82. The Bertz CT molecular complexity index is 1990. The summed E-state index contributed by atoms with van der Waals surface area (Å²) < 4.78 is 29.6. The molecule has 3 amide bonds. The van der Waals surface area contributed by atoms with Gasteiger partial charge in [0.1, 0.15) is 5.75 Å². The van der Waals surface area contributed by atoms with Crippen LogP contribution in [0.25, 0.3) is 0 Å². The first-order valence-corrected chi connectivity index (χ1v) is 21.2. The Morgan fingerprint density at radius 2 is 1.69 bits per heavy atom. The molecule has 1 spiro atoms. The van der Waals surface area contributed by atoms with Crippen molar-refractivity contribution in [2.75, 3.05) is 29.6 Å². The monoisotopic (exact) mass is 785 g/mol. The van der Waals surface area contributed by atoms with Crippen molar-refractivity contribution in [2.24, 2.45) is 5.92 Å². The Labute approximate surface area is 312 Å². The fourth-order valence-corrected chi connectivity index (χ4v) is 11.1. The van der Waals surface area contributed by atoms with Gasteiger partial charge in [-0.25, -0.2) is 0 Å². The van der Waals surface area contributed by atoms with Crippen LogP contribution in [0.15, 0.2) is 102 Å². The second kappa shape index (κ2) is 14.2. The third-order valence-corrected chi connectivity index (χ3v) is 13.4. The Kier molecular flexibility index (Phi) is 9.85. The summed E-state index contributed by atoms with van der Waals surface area (Å²) in [6.45, 7) is 5.44. The van der Waals surface area contributed by atoms with Crippen molar-refractivity contribution >= 4 is 59.1 Å². The van der Waals surface area contributed by atoms with Crippen LogP contribution >= 0.6 is 15.9 Å². The summed E-state index contributed by atoms with van der Waals surface area (Å²) in [5, 5.41) is 9.81. The van der Waals surface area contributed by atoms with Gasteiger partial charge in [-0.1, -0.05) is 77.5 Å². The number of hydrogen-bond acceptors (Lipinski definition) is 6. The molecule has 4 atom stereocenters. The molecule has 0 saturated carbocycles. The van der Waals surface area contributed by atoms with E-state index in [1.807, 2.05) is 104 Å². The topological polar surface area (TPSA) is 99.6 Å². The second-order valence-electron chi connectivity index (χ2n) is 14.2. The largest absolute Gasteiger partial charge is 0.482 e. The Balaban J connectivity index is 1.18. The second-order valence-corrected chi connectivity index (χ2v) is 18.9. The van der Waals surface area contributed by atoms with Gasteiger partial charge in [0.05, 0.1) is 37.1 Å². The van der Waals surface area contributed by atoms with Crippen LogP contribution < -0.4 is 14.5 Å². The number of halogens is 2. The summed E-state index contributed by atoms with van der Waals surface area (Å²) in [5.74, 6) is -0.699. The lowest BCUT2D eigenvalue weighted by molar-refractivity contribution is -0.150. The molecule has 3 aliphatic rings. The van der Waals surface area contributed by atoms with E-state index in [9.17, 15) is 19.5 Å². The van der Waals surface area contributed by atoms with Crippen LogP contribution in [0.3, 0.4) is 0 Å². The molecule has 1 saturated heterocycles. The molecular formula is C40H41BrFN3O6Si. The zero-order chi connectivity index (χ0) is 36.8. The van der Waals surface area contributed by atoms with E-state index in [0.29, 0.717) is 34.9 Å². The molecule has 0 radical (unpaired) electrons. The lowest BCUT2D eigenvalue weighted by Crippen LogP contribution is -2.45. The van der Waals surface area contributed by atoms with E-state index >= 15 is 4.11 Å². The molecule has 0 aromatic heterocycles. The van der Waals surface area contributed by atoms with E-state index < -0.39 is 31.6 Å². The molecule has 52 heavy (non-hydrogen) atoms. The van der Waals surface area contributed by atoms with Gasteiger partial charge in [0.15, 0.2) is 12.2 Å². The van der Waals surface area contributed by atoms with Crippen LogP contribution in [0.4, 0.5) is 21.2 Å². The maximum absolute atomic E-state index is 16.4. The maximum Gasteiger partial charge on any atom is 0.269 e. The van der Waals surface area contributed by atoms with Gasteiger partial charge in [-0.05, 0) is 66.7 Å². The van der Waals surface area contributed by atoms with Crippen LogP contribution in [0.1, 0.15) is 30.0 Å². The van der Waals surface area contributed by atoms with E-state index in [0.717, 1.165) is 15.6 Å². The summed E-state index contributed by atoms with van der Waals surface area (Å²) >= 11 is 3.59. The summed E-state index contributed by atoms with van der Waals surface area (Å²) in [5.41, 5.74) is 2.22. The molecule has 7 rings (SSSR count). The first kappa shape index (κ1) is 36.0. The first-order valence-electron chi connectivity index (χ1n) is 17.5. The molecule has 0 aliphatic carbocycles. The van der Waals surface area contributed by atoms with Crippen molar-refractivity contribution in [1.82, 2.24) is 4.90 Å². The third kappa shape index (κ3) is 6.46. The maximum atomic E-state index is 16.4.